The van der Waals surface area contributed by atoms with Crippen LogP contribution in [0.1, 0.15) is 10.7 Å². The summed E-state index contributed by atoms with van der Waals surface area (Å²) in [6.45, 7) is 2.60. The summed E-state index contributed by atoms with van der Waals surface area (Å²) in [4.78, 5) is 8.43. The van der Waals surface area contributed by atoms with Crippen LogP contribution in [0.4, 0.5) is 5.82 Å². The number of nitrogens with one attached hydrogen (secondary N) is 1. The second-order valence-corrected chi connectivity index (χ2v) is 5.10. The number of halogens is 1. The van der Waals surface area contributed by atoms with Crippen LogP contribution < -0.4 is 5.32 Å². The lowest BCUT2D eigenvalue weighted by atomic mass is 10.4. The number of anilines is 1. The van der Waals surface area contributed by atoms with Crippen molar-refractivity contribution in [1.82, 2.24) is 19.6 Å². The number of fused-ring (bicyclic) bond motifs is 1. The van der Waals surface area contributed by atoms with Crippen molar-refractivity contribution in [2.75, 3.05) is 5.32 Å². The smallest absolute Gasteiger partial charge is 0.243 e. The highest BCUT2D eigenvalue weighted by atomic mass is 35.5. The molecular weight excluding hydrogens is 270 g/mol. The molecule has 3 rings (SSSR count). The van der Waals surface area contributed by atoms with Gasteiger partial charge in [0.2, 0.25) is 5.28 Å². The molecule has 0 aliphatic rings. The summed E-state index contributed by atoms with van der Waals surface area (Å²) < 4.78 is 1.78. The Bertz CT molecular complexity index is 676. The Morgan fingerprint density at radius 3 is 3.11 bits per heavy atom. The molecule has 0 saturated heterocycles. The molecule has 0 aliphatic carbocycles. The van der Waals surface area contributed by atoms with E-state index in [0.29, 0.717) is 6.54 Å². The zero-order chi connectivity index (χ0) is 12.5. The van der Waals surface area contributed by atoms with Crippen LogP contribution in [0.15, 0.2) is 23.7 Å². The van der Waals surface area contributed by atoms with E-state index in [-0.39, 0.29) is 5.28 Å². The summed E-state index contributed by atoms with van der Waals surface area (Å²) in [5.41, 5.74) is 1.93. The molecule has 7 heteroatoms. The molecule has 0 saturated carbocycles. The molecule has 0 spiro atoms. The van der Waals surface area contributed by atoms with E-state index in [0.717, 1.165) is 22.0 Å². The standard InChI is InChI=1S/C11H10ClN5S/c1-7-2-3-8-10(15-11(12)16-17(7)8)14-6-9-13-4-5-18-9/h2-5H,6H2,1H3,(H,14,15,16). The lowest BCUT2D eigenvalue weighted by molar-refractivity contribution is 0.870. The third kappa shape index (κ3) is 2.04. The minimum atomic E-state index is 0.225. The third-order valence-corrected chi connectivity index (χ3v) is 3.50. The van der Waals surface area contributed by atoms with Gasteiger partial charge in [-0.15, -0.1) is 16.4 Å². The number of nitrogens with zero attached hydrogens (tertiary/aromatic N) is 4. The van der Waals surface area contributed by atoms with E-state index >= 15 is 0 Å². The van der Waals surface area contributed by atoms with Crippen molar-refractivity contribution in [2.24, 2.45) is 0 Å². The summed E-state index contributed by atoms with van der Waals surface area (Å²) in [7, 11) is 0. The summed E-state index contributed by atoms with van der Waals surface area (Å²) in [6.07, 6.45) is 1.78. The fraction of sp³-hybridized carbons (Fsp3) is 0.182. The highest BCUT2D eigenvalue weighted by Crippen LogP contribution is 2.19. The summed E-state index contributed by atoms with van der Waals surface area (Å²) in [6, 6.07) is 3.95. The van der Waals surface area contributed by atoms with Gasteiger partial charge < -0.3 is 5.32 Å². The van der Waals surface area contributed by atoms with Gasteiger partial charge >= 0.3 is 0 Å². The molecule has 3 heterocycles. The van der Waals surface area contributed by atoms with Crippen LogP contribution in [-0.4, -0.2) is 19.6 Å². The second kappa shape index (κ2) is 4.55. The van der Waals surface area contributed by atoms with E-state index in [1.165, 1.54) is 0 Å². The van der Waals surface area contributed by atoms with Crippen molar-refractivity contribution >= 4 is 34.3 Å². The lowest BCUT2D eigenvalue weighted by Crippen LogP contribution is -2.06. The first-order valence-electron chi connectivity index (χ1n) is 5.38. The van der Waals surface area contributed by atoms with E-state index in [9.17, 15) is 0 Å². The van der Waals surface area contributed by atoms with Crippen molar-refractivity contribution in [3.05, 3.63) is 39.7 Å². The number of hydrogen-bond acceptors (Lipinski definition) is 5. The third-order valence-electron chi connectivity index (χ3n) is 2.56. The Morgan fingerprint density at radius 1 is 1.44 bits per heavy atom. The van der Waals surface area contributed by atoms with Crippen LogP contribution in [-0.2, 0) is 6.54 Å². The molecule has 0 bridgehead atoms. The molecule has 0 aliphatic heterocycles. The zero-order valence-corrected chi connectivity index (χ0v) is 11.2. The highest BCUT2D eigenvalue weighted by molar-refractivity contribution is 7.09. The maximum atomic E-state index is 5.92. The topological polar surface area (TPSA) is 55.1 Å². The van der Waals surface area contributed by atoms with Gasteiger partial charge in [-0.2, -0.15) is 4.98 Å². The van der Waals surface area contributed by atoms with E-state index in [1.54, 1.807) is 22.0 Å². The van der Waals surface area contributed by atoms with Gasteiger partial charge in [-0.25, -0.2) is 9.50 Å². The number of hydrogen-bond donors (Lipinski definition) is 1. The zero-order valence-electron chi connectivity index (χ0n) is 9.59. The van der Waals surface area contributed by atoms with Gasteiger partial charge in [-0.1, -0.05) is 0 Å². The molecule has 1 N–H and O–H groups in total. The molecule has 3 aromatic rings. The van der Waals surface area contributed by atoms with Crippen molar-refractivity contribution in [1.29, 1.82) is 0 Å². The molecule has 5 nitrogen and oxygen atoms in total. The van der Waals surface area contributed by atoms with E-state index in [2.05, 4.69) is 20.4 Å². The van der Waals surface area contributed by atoms with Gasteiger partial charge in [0, 0.05) is 17.3 Å². The van der Waals surface area contributed by atoms with Gasteiger partial charge in [0.05, 0.1) is 6.54 Å². The minimum absolute atomic E-state index is 0.225. The monoisotopic (exact) mass is 279 g/mol. The number of aryl methyl sites for hydroxylation is 1. The van der Waals surface area contributed by atoms with Gasteiger partial charge in [0.25, 0.3) is 0 Å². The van der Waals surface area contributed by atoms with E-state index in [1.807, 2.05) is 24.4 Å². The van der Waals surface area contributed by atoms with Crippen molar-refractivity contribution in [3.8, 4) is 0 Å². The molecule has 0 aromatic carbocycles. The van der Waals surface area contributed by atoms with Gasteiger partial charge in [-0.3, -0.25) is 0 Å². The summed E-state index contributed by atoms with van der Waals surface area (Å²) in [5.74, 6) is 0.721. The first-order valence-corrected chi connectivity index (χ1v) is 6.64. The Kier molecular flexibility index (Phi) is 2.89. The fourth-order valence-corrected chi connectivity index (χ4v) is 2.44. The number of aromatic nitrogens is 4. The Hall–Kier alpha value is -1.66. The molecule has 18 heavy (non-hydrogen) atoms. The number of rotatable bonds is 3. The predicted octanol–water partition coefficient (Wildman–Crippen LogP) is 2.76. The first kappa shape index (κ1) is 11.4. The van der Waals surface area contributed by atoms with Crippen LogP contribution >= 0.6 is 22.9 Å². The molecule has 92 valence electrons. The van der Waals surface area contributed by atoms with E-state index < -0.39 is 0 Å². The van der Waals surface area contributed by atoms with Crippen LogP contribution in [0, 0.1) is 6.92 Å². The average Bonchev–Trinajstić information content (AvgIpc) is 2.97. The van der Waals surface area contributed by atoms with Crippen molar-refractivity contribution in [2.45, 2.75) is 13.5 Å². The highest BCUT2D eigenvalue weighted by Gasteiger charge is 2.08. The molecule has 0 atom stereocenters. The molecule has 3 aromatic heterocycles. The second-order valence-electron chi connectivity index (χ2n) is 3.78. The lowest BCUT2D eigenvalue weighted by Gasteiger charge is -2.06. The average molecular weight is 280 g/mol. The normalized spacial score (nSPS) is 11.0. The fourth-order valence-electron chi connectivity index (χ4n) is 1.73. The van der Waals surface area contributed by atoms with Crippen LogP contribution in [0.3, 0.4) is 0 Å². The molecule has 0 fully saturated rings. The van der Waals surface area contributed by atoms with Gasteiger partial charge in [0.1, 0.15) is 10.5 Å². The summed E-state index contributed by atoms with van der Waals surface area (Å²) >= 11 is 7.52. The maximum Gasteiger partial charge on any atom is 0.243 e. The maximum absolute atomic E-state index is 5.92. The van der Waals surface area contributed by atoms with Gasteiger partial charge in [0.15, 0.2) is 5.82 Å². The van der Waals surface area contributed by atoms with Crippen molar-refractivity contribution < 1.29 is 0 Å². The number of thiazole rings is 1. The van der Waals surface area contributed by atoms with Gasteiger partial charge in [-0.05, 0) is 30.7 Å². The Balaban J connectivity index is 1.95. The predicted molar refractivity (Wildman–Crippen MR) is 72.2 cm³/mol. The van der Waals surface area contributed by atoms with Crippen LogP contribution in [0.2, 0.25) is 5.28 Å². The quantitative estimate of drug-likeness (QED) is 0.801. The van der Waals surface area contributed by atoms with Crippen LogP contribution in [0.5, 0.6) is 0 Å². The Labute approximate surface area is 112 Å². The molecule has 0 radical (unpaired) electrons. The molecule has 0 unspecified atom stereocenters. The Morgan fingerprint density at radius 2 is 2.33 bits per heavy atom. The minimum Gasteiger partial charge on any atom is -0.362 e. The molecule has 0 amide bonds. The largest absolute Gasteiger partial charge is 0.362 e. The molecular formula is C11H10ClN5S. The first-order chi connectivity index (χ1) is 8.74. The SMILES string of the molecule is Cc1ccc2c(NCc3nccs3)nc(Cl)nn12. The van der Waals surface area contributed by atoms with E-state index in [4.69, 9.17) is 11.6 Å². The van der Waals surface area contributed by atoms with Crippen LogP contribution in [0.25, 0.3) is 5.52 Å². The summed E-state index contributed by atoms with van der Waals surface area (Å²) in [5, 5.41) is 10.6. The van der Waals surface area contributed by atoms with Crippen molar-refractivity contribution in [3.63, 3.8) is 0 Å².